The molecule has 4 heteroatoms. The Hall–Kier alpha value is -1.16. The van der Waals surface area contributed by atoms with E-state index in [-0.39, 0.29) is 0 Å². The third kappa shape index (κ3) is 3.30. The number of nitrogens with two attached hydrogens (primary N) is 1. The van der Waals surface area contributed by atoms with Gasteiger partial charge in [-0.15, -0.1) is 0 Å². The summed E-state index contributed by atoms with van der Waals surface area (Å²) in [5.74, 6) is 0.694. The summed E-state index contributed by atoms with van der Waals surface area (Å²) in [4.78, 5) is 3.92. The molecule has 1 rings (SSSR count). The highest BCUT2D eigenvalue weighted by atomic mass is 15.3. The molecule has 0 fully saturated rings. The van der Waals surface area contributed by atoms with Crippen LogP contribution in [0.3, 0.4) is 0 Å². The first-order valence-electron chi connectivity index (χ1n) is 4.98. The van der Waals surface area contributed by atoms with Crippen LogP contribution >= 0.6 is 0 Å². The fraction of sp³-hybridized carbons (Fsp3) is 0.600. The monoisotopic (exact) mass is 194 g/mol. The molecule has 0 atom stereocenters. The van der Waals surface area contributed by atoms with Crippen molar-refractivity contribution in [1.29, 1.82) is 0 Å². The first-order valence-corrected chi connectivity index (χ1v) is 4.98. The van der Waals surface area contributed by atoms with Crippen LogP contribution in [0.5, 0.6) is 0 Å². The van der Waals surface area contributed by atoms with Crippen molar-refractivity contribution in [2.45, 2.75) is 26.7 Å². The lowest BCUT2D eigenvalue weighted by molar-refractivity contribution is 0.588. The van der Waals surface area contributed by atoms with Crippen LogP contribution in [0.4, 0.5) is 0 Å². The highest BCUT2D eigenvalue weighted by molar-refractivity contribution is 5.43. The van der Waals surface area contributed by atoms with Gasteiger partial charge in [0, 0.05) is 12.2 Å². The Kier molecular flexibility index (Phi) is 4.32. The Balaban J connectivity index is 2.62. The SMILES string of the molecule is CC(C)CCC(=CCN)n1cncn1. The summed E-state index contributed by atoms with van der Waals surface area (Å²) in [7, 11) is 0. The summed E-state index contributed by atoms with van der Waals surface area (Å²) < 4.78 is 1.79. The van der Waals surface area contributed by atoms with Crippen molar-refractivity contribution >= 4 is 5.70 Å². The van der Waals surface area contributed by atoms with Crippen LogP contribution in [0.15, 0.2) is 18.7 Å². The molecule has 0 aliphatic heterocycles. The second kappa shape index (κ2) is 5.54. The van der Waals surface area contributed by atoms with Crippen molar-refractivity contribution in [3.63, 3.8) is 0 Å². The third-order valence-electron chi connectivity index (χ3n) is 2.04. The molecule has 0 saturated carbocycles. The van der Waals surface area contributed by atoms with Crippen molar-refractivity contribution in [2.24, 2.45) is 11.7 Å². The van der Waals surface area contributed by atoms with E-state index in [2.05, 4.69) is 23.9 Å². The van der Waals surface area contributed by atoms with E-state index in [1.165, 1.54) is 0 Å². The molecule has 0 unspecified atom stereocenters. The number of hydrogen-bond acceptors (Lipinski definition) is 3. The first kappa shape index (κ1) is 10.9. The highest BCUT2D eigenvalue weighted by Gasteiger charge is 2.02. The first-order chi connectivity index (χ1) is 6.74. The van der Waals surface area contributed by atoms with Crippen LogP contribution in [0.1, 0.15) is 26.7 Å². The van der Waals surface area contributed by atoms with Crippen LogP contribution in [0.2, 0.25) is 0 Å². The van der Waals surface area contributed by atoms with E-state index in [1.807, 2.05) is 6.08 Å². The van der Waals surface area contributed by atoms with Crippen molar-refractivity contribution in [2.75, 3.05) is 6.54 Å². The van der Waals surface area contributed by atoms with Gasteiger partial charge in [0.1, 0.15) is 12.7 Å². The van der Waals surface area contributed by atoms with Crippen LogP contribution in [0, 0.1) is 5.92 Å². The van der Waals surface area contributed by atoms with Crippen LogP contribution in [0.25, 0.3) is 5.70 Å². The number of rotatable bonds is 5. The largest absolute Gasteiger partial charge is 0.327 e. The van der Waals surface area contributed by atoms with Crippen molar-refractivity contribution in [1.82, 2.24) is 14.8 Å². The topological polar surface area (TPSA) is 56.7 Å². The Morgan fingerprint density at radius 2 is 2.36 bits per heavy atom. The standard InChI is InChI=1S/C10H18N4/c1-9(2)3-4-10(5-6-11)14-8-12-7-13-14/h5,7-9H,3-4,6,11H2,1-2H3. The zero-order valence-electron chi connectivity index (χ0n) is 8.85. The normalized spacial score (nSPS) is 12.4. The number of hydrogen-bond donors (Lipinski definition) is 1. The van der Waals surface area contributed by atoms with Gasteiger partial charge < -0.3 is 5.73 Å². The second-order valence-electron chi connectivity index (χ2n) is 3.70. The van der Waals surface area contributed by atoms with Gasteiger partial charge in [-0.3, -0.25) is 0 Å². The molecule has 0 radical (unpaired) electrons. The maximum atomic E-state index is 5.50. The summed E-state index contributed by atoms with van der Waals surface area (Å²) in [6.45, 7) is 4.97. The van der Waals surface area contributed by atoms with Gasteiger partial charge in [0.25, 0.3) is 0 Å². The van der Waals surface area contributed by atoms with Crippen molar-refractivity contribution < 1.29 is 0 Å². The minimum absolute atomic E-state index is 0.549. The van der Waals surface area contributed by atoms with Gasteiger partial charge in [0.2, 0.25) is 0 Å². The maximum Gasteiger partial charge on any atom is 0.138 e. The predicted octanol–water partition coefficient (Wildman–Crippen LogP) is 1.51. The minimum Gasteiger partial charge on any atom is -0.327 e. The van der Waals surface area contributed by atoms with Crippen molar-refractivity contribution in [3.05, 3.63) is 18.7 Å². The number of nitrogens with zero attached hydrogens (tertiary/aromatic N) is 3. The minimum atomic E-state index is 0.549. The second-order valence-corrected chi connectivity index (χ2v) is 3.70. The summed E-state index contributed by atoms with van der Waals surface area (Å²) in [5.41, 5.74) is 6.64. The summed E-state index contributed by atoms with van der Waals surface area (Å²) >= 11 is 0. The molecule has 0 bridgehead atoms. The lowest BCUT2D eigenvalue weighted by Gasteiger charge is -2.08. The van der Waals surface area contributed by atoms with E-state index in [0.717, 1.165) is 18.5 Å². The van der Waals surface area contributed by atoms with E-state index in [4.69, 9.17) is 5.73 Å². The summed E-state index contributed by atoms with van der Waals surface area (Å²) in [6.07, 6.45) is 7.39. The van der Waals surface area contributed by atoms with Crippen LogP contribution < -0.4 is 5.73 Å². The Bertz CT molecular complexity index is 274. The Labute approximate surface area is 84.8 Å². The lowest BCUT2D eigenvalue weighted by Crippen LogP contribution is -2.03. The molecule has 0 spiro atoms. The predicted molar refractivity (Wildman–Crippen MR) is 57.4 cm³/mol. The molecule has 2 N–H and O–H groups in total. The molecular formula is C10H18N4. The smallest absolute Gasteiger partial charge is 0.138 e. The van der Waals surface area contributed by atoms with E-state index < -0.39 is 0 Å². The molecule has 0 aliphatic rings. The summed E-state index contributed by atoms with van der Waals surface area (Å²) in [5, 5.41) is 4.09. The zero-order chi connectivity index (χ0) is 10.4. The lowest BCUT2D eigenvalue weighted by atomic mass is 10.1. The molecule has 0 amide bonds. The molecule has 14 heavy (non-hydrogen) atoms. The van der Waals surface area contributed by atoms with Gasteiger partial charge in [-0.25, -0.2) is 9.67 Å². The third-order valence-corrected chi connectivity index (χ3v) is 2.04. The van der Waals surface area contributed by atoms with Gasteiger partial charge in [-0.2, -0.15) is 5.10 Å². The van der Waals surface area contributed by atoms with E-state index >= 15 is 0 Å². The quantitative estimate of drug-likeness (QED) is 0.773. The van der Waals surface area contributed by atoms with Gasteiger partial charge in [0.15, 0.2) is 0 Å². The Morgan fingerprint density at radius 1 is 1.57 bits per heavy atom. The molecule has 0 aliphatic carbocycles. The van der Waals surface area contributed by atoms with Gasteiger partial charge in [-0.05, 0) is 24.8 Å². The molecule has 1 heterocycles. The summed E-state index contributed by atoms with van der Waals surface area (Å²) in [6, 6.07) is 0. The molecule has 1 aromatic heterocycles. The highest BCUT2D eigenvalue weighted by Crippen LogP contribution is 2.14. The van der Waals surface area contributed by atoms with Gasteiger partial charge in [0.05, 0.1) is 0 Å². The zero-order valence-corrected chi connectivity index (χ0v) is 8.85. The fourth-order valence-electron chi connectivity index (χ4n) is 1.24. The van der Waals surface area contributed by atoms with E-state index in [1.54, 1.807) is 17.3 Å². The number of aromatic nitrogens is 3. The average molecular weight is 194 g/mol. The number of allylic oxidation sites excluding steroid dienone is 1. The molecule has 0 aromatic carbocycles. The van der Waals surface area contributed by atoms with Crippen LogP contribution in [-0.2, 0) is 0 Å². The molecule has 78 valence electrons. The van der Waals surface area contributed by atoms with E-state index in [0.29, 0.717) is 12.5 Å². The fourth-order valence-corrected chi connectivity index (χ4v) is 1.24. The van der Waals surface area contributed by atoms with Crippen LogP contribution in [-0.4, -0.2) is 21.3 Å². The molecular weight excluding hydrogens is 176 g/mol. The Morgan fingerprint density at radius 3 is 2.86 bits per heavy atom. The molecule has 4 nitrogen and oxygen atoms in total. The van der Waals surface area contributed by atoms with Gasteiger partial charge >= 0.3 is 0 Å². The maximum absolute atomic E-state index is 5.50. The van der Waals surface area contributed by atoms with E-state index in [9.17, 15) is 0 Å². The van der Waals surface area contributed by atoms with Gasteiger partial charge in [-0.1, -0.05) is 13.8 Å². The molecule has 1 aromatic rings. The van der Waals surface area contributed by atoms with Crippen molar-refractivity contribution in [3.8, 4) is 0 Å². The molecule has 0 saturated heterocycles. The average Bonchev–Trinajstić information content (AvgIpc) is 2.64.